The Hall–Kier alpha value is -0.850. The van der Waals surface area contributed by atoms with E-state index in [1.807, 2.05) is 12.1 Å². The smallest absolute Gasteiger partial charge is 0.257 e. The first-order valence-corrected chi connectivity index (χ1v) is 7.02. The maximum absolute atomic E-state index is 13.3. The van der Waals surface area contributed by atoms with Gasteiger partial charge in [-0.3, -0.25) is 4.79 Å². The summed E-state index contributed by atoms with van der Waals surface area (Å²) in [5, 5.41) is 2.63. The Balaban J connectivity index is 2.25. The topological polar surface area (TPSA) is 29.1 Å². The summed E-state index contributed by atoms with van der Waals surface area (Å²) in [6, 6.07) is 9.42. The molecule has 0 saturated heterocycles. The predicted molar refractivity (Wildman–Crippen MR) is 83.5 cm³/mol. The van der Waals surface area contributed by atoms with E-state index in [1.54, 1.807) is 12.1 Å². The molecule has 0 atom stereocenters. The van der Waals surface area contributed by atoms with Crippen molar-refractivity contribution >= 4 is 57.4 Å². The fraction of sp³-hybridized carbons (Fsp3) is 0. The van der Waals surface area contributed by atoms with Gasteiger partial charge in [0.15, 0.2) is 0 Å². The van der Waals surface area contributed by atoms with E-state index in [0.717, 1.165) is 9.64 Å². The summed E-state index contributed by atoms with van der Waals surface area (Å²) >= 11 is 13.6. The predicted octanol–water partition coefficient (Wildman–Crippen LogP) is 4.99. The van der Waals surface area contributed by atoms with Crippen LogP contribution >= 0.6 is 45.8 Å². The number of anilines is 1. The molecule has 1 amide bonds. The van der Waals surface area contributed by atoms with E-state index in [9.17, 15) is 9.18 Å². The van der Waals surface area contributed by atoms with E-state index < -0.39 is 11.7 Å². The molecule has 2 rings (SSSR count). The van der Waals surface area contributed by atoms with Gasteiger partial charge in [0, 0.05) is 9.26 Å². The first-order chi connectivity index (χ1) is 8.97. The van der Waals surface area contributed by atoms with Crippen LogP contribution in [0.4, 0.5) is 10.1 Å². The molecule has 1 N–H and O–H groups in total. The van der Waals surface area contributed by atoms with Crippen LogP contribution in [-0.2, 0) is 0 Å². The molecule has 19 heavy (non-hydrogen) atoms. The molecule has 6 heteroatoms. The number of halogens is 4. The molecule has 2 aromatic rings. The van der Waals surface area contributed by atoms with Crippen LogP contribution in [0.15, 0.2) is 36.4 Å². The summed E-state index contributed by atoms with van der Waals surface area (Å²) in [7, 11) is 0. The number of amides is 1. The van der Waals surface area contributed by atoms with Gasteiger partial charge in [-0.15, -0.1) is 0 Å². The molecule has 0 radical (unpaired) electrons. The first kappa shape index (κ1) is 14.6. The Bertz CT molecular complexity index is 631. The van der Waals surface area contributed by atoms with E-state index in [-0.39, 0.29) is 15.6 Å². The third-order valence-electron chi connectivity index (χ3n) is 2.36. The number of hydrogen-bond acceptors (Lipinski definition) is 1. The highest BCUT2D eigenvalue weighted by Crippen LogP contribution is 2.25. The molecule has 0 aliphatic heterocycles. The van der Waals surface area contributed by atoms with Gasteiger partial charge in [-0.25, -0.2) is 4.39 Å². The van der Waals surface area contributed by atoms with Crippen molar-refractivity contribution in [3.05, 3.63) is 61.4 Å². The van der Waals surface area contributed by atoms with Crippen molar-refractivity contribution in [2.45, 2.75) is 0 Å². The standard InChI is InChI=1S/C13H7Cl2FINO/c14-10-6-11(15)12(16)5-9(10)13(19)18-8-3-1-7(17)2-4-8/h1-6H,(H,18,19). The van der Waals surface area contributed by atoms with E-state index in [4.69, 9.17) is 23.2 Å². The quantitative estimate of drug-likeness (QED) is 0.549. The number of nitrogens with one attached hydrogen (secondary N) is 1. The van der Waals surface area contributed by atoms with Crippen molar-refractivity contribution in [3.63, 3.8) is 0 Å². The summed E-state index contributed by atoms with van der Waals surface area (Å²) in [6.45, 7) is 0. The molecule has 98 valence electrons. The Kier molecular flexibility index (Phi) is 4.65. The molecular formula is C13H7Cl2FINO. The molecule has 0 spiro atoms. The van der Waals surface area contributed by atoms with Crippen LogP contribution < -0.4 is 5.32 Å². The van der Waals surface area contributed by atoms with Gasteiger partial charge in [0.25, 0.3) is 5.91 Å². The van der Waals surface area contributed by atoms with E-state index in [2.05, 4.69) is 27.9 Å². The minimum Gasteiger partial charge on any atom is -0.322 e. The minimum absolute atomic E-state index is 0.0436. The van der Waals surface area contributed by atoms with Crippen LogP contribution in [0.25, 0.3) is 0 Å². The highest BCUT2D eigenvalue weighted by atomic mass is 127. The Morgan fingerprint density at radius 1 is 1.11 bits per heavy atom. The molecule has 2 aromatic carbocycles. The molecule has 0 saturated carbocycles. The lowest BCUT2D eigenvalue weighted by molar-refractivity contribution is 0.102. The SMILES string of the molecule is O=C(Nc1ccc(I)cc1)c1cc(F)c(Cl)cc1Cl. The van der Waals surface area contributed by atoms with Crippen LogP contribution in [0.2, 0.25) is 10.0 Å². The lowest BCUT2D eigenvalue weighted by atomic mass is 10.2. The first-order valence-electron chi connectivity index (χ1n) is 5.19. The Morgan fingerprint density at radius 2 is 1.74 bits per heavy atom. The van der Waals surface area contributed by atoms with Gasteiger partial charge in [-0.2, -0.15) is 0 Å². The molecule has 0 bridgehead atoms. The van der Waals surface area contributed by atoms with Gasteiger partial charge in [0.2, 0.25) is 0 Å². The number of rotatable bonds is 2. The van der Waals surface area contributed by atoms with E-state index in [1.165, 1.54) is 6.07 Å². The zero-order valence-electron chi connectivity index (χ0n) is 9.38. The fourth-order valence-electron chi connectivity index (χ4n) is 1.43. The molecule has 0 fully saturated rings. The van der Waals surface area contributed by atoms with Gasteiger partial charge in [-0.05, 0) is 59.0 Å². The third-order valence-corrected chi connectivity index (χ3v) is 3.68. The minimum atomic E-state index is -0.682. The highest BCUT2D eigenvalue weighted by molar-refractivity contribution is 14.1. The zero-order chi connectivity index (χ0) is 14.0. The van der Waals surface area contributed by atoms with Crippen LogP contribution in [0.1, 0.15) is 10.4 Å². The van der Waals surface area contributed by atoms with Crippen LogP contribution in [-0.4, -0.2) is 5.91 Å². The van der Waals surface area contributed by atoms with Gasteiger partial charge in [0.05, 0.1) is 15.6 Å². The van der Waals surface area contributed by atoms with Gasteiger partial charge >= 0.3 is 0 Å². The number of hydrogen-bond donors (Lipinski definition) is 1. The molecule has 2 nitrogen and oxygen atoms in total. The molecule has 0 aliphatic carbocycles. The van der Waals surface area contributed by atoms with Crippen molar-refractivity contribution in [1.29, 1.82) is 0 Å². The summed E-state index contributed by atoms with van der Waals surface area (Å²) in [6.07, 6.45) is 0. The molecular weight excluding hydrogens is 403 g/mol. The lowest BCUT2D eigenvalue weighted by Crippen LogP contribution is -2.12. The summed E-state index contributed by atoms with van der Waals surface area (Å²) in [4.78, 5) is 12.0. The van der Waals surface area contributed by atoms with Crippen molar-refractivity contribution in [1.82, 2.24) is 0 Å². The molecule has 0 unspecified atom stereocenters. The van der Waals surface area contributed by atoms with Crippen LogP contribution in [0, 0.1) is 9.39 Å². The normalized spacial score (nSPS) is 10.3. The molecule has 0 aliphatic rings. The number of carbonyl (C=O) groups excluding carboxylic acids is 1. The second kappa shape index (κ2) is 6.07. The largest absolute Gasteiger partial charge is 0.322 e. The Labute approximate surface area is 133 Å². The van der Waals surface area contributed by atoms with Crippen molar-refractivity contribution < 1.29 is 9.18 Å². The number of carbonyl (C=O) groups is 1. The third kappa shape index (κ3) is 3.58. The van der Waals surface area contributed by atoms with Crippen molar-refractivity contribution in [2.75, 3.05) is 5.32 Å². The maximum atomic E-state index is 13.3. The zero-order valence-corrected chi connectivity index (χ0v) is 13.1. The lowest BCUT2D eigenvalue weighted by Gasteiger charge is -2.07. The maximum Gasteiger partial charge on any atom is 0.257 e. The Morgan fingerprint density at radius 3 is 2.37 bits per heavy atom. The van der Waals surface area contributed by atoms with Crippen LogP contribution in [0.5, 0.6) is 0 Å². The van der Waals surface area contributed by atoms with Gasteiger partial charge < -0.3 is 5.32 Å². The van der Waals surface area contributed by atoms with Crippen molar-refractivity contribution in [3.8, 4) is 0 Å². The molecule has 0 heterocycles. The van der Waals surface area contributed by atoms with Crippen molar-refractivity contribution in [2.24, 2.45) is 0 Å². The van der Waals surface area contributed by atoms with Gasteiger partial charge in [0.1, 0.15) is 5.82 Å². The highest BCUT2D eigenvalue weighted by Gasteiger charge is 2.14. The summed E-state index contributed by atoms with van der Waals surface area (Å²) in [5.41, 5.74) is 0.652. The monoisotopic (exact) mass is 409 g/mol. The van der Waals surface area contributed by atoms with E-state index >= 15 is 0 Å². The number of benzene rings is 2. The summed E-state index contributed by atoms with van der Waals surface area (Å²) in [5.74, 6) is -1.17. The second-order valence-electron chi connectivity index (χ2n) is 3.71. The second-order valence-corrected chi connectivity index (χ2v) is 5.77. The summed E-state index contributed by atoms with van der Waals surface area (Å²) < 4.78 is 14.4. The molecule has 0 aromatic heterocycles. The average molecular weight is 410 g/mol. The van der Waals surface area contributed by atoms with Crippen LogP contribution in [0.3, 0.4) is 0 Å². The van der Waals surface area contributed by atoms with Gasteiger partial charge in [-0.1, -0.05) is 23.2 Å². The average Bonchev–Trinajstić information content (AvgIpc) is 2.36. The van der Waals surface area contributed by atoms with E-state index in [0.29, 0.717) is 5.69 Å². The fourth-order valence-corrected chi connectivity index (χ4v) is 2.26.